The maximum Gasteiger partial charge on any atom is 0.0725 e. The van der Waals surface area contributed by atoms with Crippen molar-refractivity contribution in [2.24, 2.45) is 17.5 Å². The summed E-state index contributed by atoms with van der Waals surface area (Å²) in [5, 5.41) is 4.91. The van der Waals surface area contributed by atoms with Gasteiger partial charge in [0.05, 0.1) is 5.70 Å². The van der Waals surface area contributed by atoms with E-state index < -0.39 is 0 Å². The molecule has 5 N–H and O–H groups in total. The number of piperidine rings is 1. The topological polar surface area (TPSA) is 67.3 Å². The molecule has 0 aliphatic carbocycles. The highest BCUT2D eigenvalue weighted by molar-refractivity contribution is 5.35. The summed E-state index contributed by atoms with van der Waals surface area (Å²) in [5.74, 6) is 6.37. The molecule has 0 amide bonds. The number of rotatable bonds is 1. The smallest absolute Gasteiger partial charge is 0.0725 e. The van der Waals surface area contributed by atoms with Gasteiger partial charge in [0.25, 0.3) is 0 Å². The zero-order valence-electron chi connectivity index (χ0n) is 8.82. The molecule has 4 heteroatoms. The van der Waals surface area contributed by atoms with Crippen molar-refractivity contribution in [3.63, 3.8) is 0 Å². The second-order valence-corrected chi connectivity index (χ2v) is 3.98. The molecule has 4 nitrogen and oxygen atoms in total. The molecule has 0 bridgehead atoms. The van der Waals surface area contributed by atoms with Crippen LogP contribution >= 0.6 is 0 Å². The van der Waals surface area contributed by atoms with Crippen molar-refractivity contribution in [3.8, 4) is 0 Å². The van der Waals surface area contributed by atoms with E-state index in [1.165, 1.54) is 18.4 Å². The molecule has 0 aromatic heterocycles. The number of nitrogens with zero attached hydrogens (tertiary/aromatic N) is 1. The second kappa shape index (κ2) is 4.51. The van der Waals surface area contributed by atoms with Crippen molar-refractivity contribution in [2.75, 3.05) is 13.1 Å². The maximum absolute atomic E-state index is 5.72. The van der Waals surface area contributed by atoms with Crippen molar-refractivity contribution in [2.45, 2.75) is 12.8 Å². The first-order valence-electron chi connectivity index (χ1n) is 5.37. The minimum Gasteiger partial charge on any atom is -0.403 e. The average Bonchev–Trinajstić information content (AvgIpc) is 2.31. The van der Waals surface area contributed by atoms with E-state index >= 15 is 0 Å². The van der Waals surface area contributed by atoms with Crippen LogP contribution in [-0.2, 0) is 0 Å². The van der Waals surface area contributed by atoms with E-state index in [0.717, 1.165) is 18.8 Å². The molecule has 0 radical (unpaired) electrons. The third kappa shape index (κ3) is 2.22. The van der Waals surface area contributed by atoms with Crippen LogP contribution in [0.4, 0.5) is 0 Å². The molecular weight excluding hydrogens is 188 g/mol. The molecule has 82 valence electrons. The molecule has 1 fully saturated rings. The second-order valence-electron chi connectivity index (χ2n) is 3.98. The van der Waals surface area contributed by atoms with Gasteiger partial charge in [-0.25, -0.2) is 5.84 Å². The van der Waals surface area contributed by atoms with E-state index in [4.69, 9.17) is 11.6 Å². The van der Waals surface area contributed by atoms with Crippen LogP contribution in [0, 0.1) is 5.92 Å². The van der Waals surface area contributed by atoms with Crippen LogP contribution < -0.4 is 16.9 Å². The Morgan fingerprint density at radius 2 is 2.13 bits per heavy atom. The first kappa shape index (κ1) is 10.3. The van der Waals surface area contributed by atoms with Gasteiger partial charge in [0.2, 0.25) is 0 Å². The van der Waals surface area contributed by atoms with Crippen LogP contribution in [0.5, 0.6) is 0 Å². The fraction of sp³-hybridized carbons (Fsp3) is 0.455. The van der Waals surface area contributed by atoms with Crippen LogP contribution in [0.3, 0.4) is 0 Å². The standard InChI is InChI=1S/C11H18N4/c12-8-11-7-10(3-6-15(11)13)9-1-4-14-5-2-9/h3,6-9,14H,1-2,4-5,12-13H2/b11-8-. The lowest BCUT2D eigenvalue weighted by Gasteiger charge is -2.27. The number of hydrogen-bond donors (Lipinski definition) is 3. The summed E-state index contributed by atoms with van der Waals surface area (Å²) in [6, 6.07) is 0. The molecular formula is C11H18N4. The van der Waals surface area contributed by atoms with Crippen molar-refractivity contribution >= 4 is 0 Å². The summed E-state index contributed by atoms with van der Waals surface area (Å²) < 4.78 is 0. The van der Waals surface area contributed by atoms with Gasteiger partial charge in [0, 0.05) is 12.4 Å². The fourth-order valence-electron chi connectivity index (χ4n) is 2.09. The number of hydrazine groups is 1. The fourth-order valence-corrected chi connectivity index (χ4v) is 2.09. The number of nitrogens with two attached hydrogens (primary N) is 2. The monoisotopic (exact) mass is 206 g/mol. The molecule has 0 aromatic rings. The molecule has 1 saturated heterocycles. The molecule has 0 unspecified atom stereocenters. The third-order valence-corrected chi connectivity index (χ3v) is 3.02. The number of hydrogen-bond acceptors (Lipinski definition) is 4. The summed E-state index contributed by atoms with van der Waals surface area (Å²) >= 11 is 0. The highest BCUT2D eigenvalue weighted by Gasteiger charge is 2.18. The Morgan fingerprint density at radius 3 is 2.80 bits per heavy atom. The molecule has 0 aromatic carbocycles. The summed E-state index contributed by atoms with van der Waals surface area (Å²) in [4.78, 5) is 0. The Balaban J connectivity index is 2.12. The first-order chi connectivity index (χ1) is 7.31. The van der Waals surface area contributed by atoms with E-state index in [-0.39, 0.29) is 0 Å². The van der Waals surface area contributed by atoms with Gasteiger partial charge in [-0.2, -0.15) is 0 Å². The lowest BCUT2D eigenvalue weighted by atomic mass is 9.88. The van der Waals surface area contributed by atoms with E-state index in [1.54, 1.807) is 11.2 Å². The Morgan fingerprint density at radius 1 is 1.40 bits per heavy atom. The highest BCUT2D eigenvalue weighted by atomic mass is 15.4. The quantitative estimate of drug-likeness (QED) is 0.544. The predicted octanol–water partition coefficient (Wildman–Crippen LogP) is 0.416. The molecule has 0 atom stereocenters. The highest BCUT2D eigenvalue weighted by Crippen LogP contribution is 2.26. The molecule has 2 rings (SSSR count). The van der Waals surface area contributed by atoms with Gasteiger partial charge in [-0.15, -0.1) is 0 Å². The molecule has 2 aliphatic rings. The van der Waals surface area contributed by atoms with Crippen LogP contribution in [0.25, 0.3) is 0 Å². The minimum absolute atomic E-state index is 0.645. The normalized spacial score (nSPS) is 25.8. The molecule has 2 heterocycles. The molecule has 0 saturated carbocycles. The lowest BCUT2D eigenvalue weighted by Crippen LogP contribution is -2.31. The molecule has 15 heavy (non-hydrogen) atoms. The number of allylic oxidation sites excluding steroid dienone is 3. The Labute approximate surface area is 90.3 Å². The van der Waals surface area contributed by atoms with Crippen molar-refractivity contribution in [1.29, 1.82) is 0 Å². The molecule has 0 spiro atoms. The van der Waals surface area contributed by atoms with Crippen molar-refractivity contribution in [3.05, 3.63) is 35.8 Å². The van der Waals surface area contributed by atoms with Gasteiger partial charge < -0.3 is 11.1 Å². The van der Waals surface area contributed by atoms with E-state index in [9.17, 15) is 0 Å². The maximum atomic E-state index is 5.72. The van der Waals surface area contributed by atoms with Crippen LogP contribution in [-0.4, -0.2) is 18.1 Å². The van der Waals surface area contributed by atoms with Gasteiger partial charge in [0.1, 0.15) is 0 Å². The van der Waals surface area contributed by atoms with Gasteiger partial charge in [-0.1, -0.05) is 0 Å². The van der Waals surface area contributed by atoms with Gasteiger partial charge in [0.15, 0.2) is 0 Å². The lowest BCUT2D eigenvalue weighted by molar-refractivity contribution is 0.418. The Kier molecular flexibility index (Phi) is 3.08. The van der Waals surface area contributed by atoms with Crippen LogP contribution in [0.2, 0.25) is 0 Å². The van der Waals surface area contributed by atoms with E-state index in [2.05, 4.69) is 17.5 Å². The van der Waals surface area contributed by atoms with Crippen LogP contribution in [0.1, 0.15) is 12.8 Å². The predicted molar refractivity (Wildman–Crippen MR) is 61.1 cm³/mol. The SMILES string of the molecule is N/C=C1/C=C(C2CCNCC2)C=CN1N. The summed E-state index contributed by atoms with van der Waals surface area (Å²) in [6.07, 6.45) is 9.97. The van der Waals surface area contributed by atoms with E-state index in [0.29, 0.717) is 5.92 Å². The summed E-state index contributed by atoms with van der Waals surface area (Å²) in [7, 11) is 0. The average molecular weight is 206 g/mol. The van der Waals surface area contributed by atoms with Gasteiger partial charge in [-0.05, 0) is 49.6 Å². The van der Waals surface area contributed by atoms with Crippen LogP contribution in [0.15, 0.2) is 35.8 Å². The number of nitrogens with one attached hydrogen (secondary N) is 1. The Hall–Kier alpha value is -1.26. The summed E-state index contributed by atoms with van der Waals surface area (Å²) in [5.41, 5.74) is 7.72. The van der Waals surface area contributed by atoms with Gasteiger partial charge in [-0.3, -0.25) is 5.01 Å². The largest absolute Gasteiger partial charge is 0.403 e. The zero-order chi connectivity index (χ0) is 10.7. The molecule has 2 aliphatic heterocycles. The minimum atomic E-state index is 0.645. The first-order valence-corrected chi connectivity index (χ1v) is 5.37. The van der Waals surface area contributed by atoms with Crippen molar-refractivity contribution in [1.82, 2.24) is 10.3 Å². The Bertz CT molecular complexity index is 311. The zero-order valence-corrected chi connectivity index (χ0v) is 8.82. The summed E-state index contributed by atoms with van der Waals surface area (Å²) in [6.45, 7) is 2.20. The third-order valence-electron chi connectivity index (χ3n) is 3.02. The van der Waals surface area contributed by atoms with Gasteiger partial charge >= 0.3 is 0 Å². The van der Waals surface area contributed by atoms with Crippen molar-refractivity contribution < 1.29 is 0 Å². The van der Waals surface area contributed by atoms with E-state index in [1.807, 2.05) is 6.20 Å².